The lowest BCUT2D eigenvalue weighted by molar-refractivity contribution is -0.126. The van der Waals surface area contributed by atoms with Gasteiger partial charge in [0.1, 0.15) is 22.3 Å². The van der Waals surface area contributed by atoms with Crippen molar-refractivity contribution in [3.8, 4) is 17.3 Å². The van der Waals surface area contributed by atoms with Gasteiger partial charge in [0.15, 0.2) is 5.82 Å². The van der Waals surface area contributed by atoms with Gasteiger partial charge in [0.2, 0.25) is 5.91 Å². The molecule has 9 nitrogen and oxygen atoms in total. The molecule has 14 heteroatoms. The van der Waals surface area contributed by atoms with Crippen LogP contribution in [0, 0.1) is 29.0 Å². The summed E-state index contributed by atoms with van der Waals surface area (Å²) in [4.78, 5) is 39.7. The Morgan fingerprint density at radius 2 is 1.84 bits per heavy atom. The molecule has 1 unspecified atom stereocenters. The van der Waals surface area contributed by atoms with Crippen molar-refractivity contribution in [2.24, 2.45) is 16.8 Å². The maximum Gasteiger partial charge on any atom is 0.272 e. The Labute approximate surface area is 278 Å². The molecule has 0 radical (unpaired) electrons. The van der Waals surface area contributed by atoms with Crippen LogP contribution in [-0.2, 0) is 4.79 Å². The predicted molar refractivity (Wildman–Crippen MR) is 179 cm³/mol. The van der Waals surface area contributed by atoms with Gasteiger partial charge in [-0.3, -0.25) is 19.1 Å². The van der Waals surface area contributed by atoms with Crippen LogP contribution in [0.15, 0.2) is 40.8 Å². The molecule has 1 aromatic carbocycles. The van der Waals surface area contributed by atoms with E-state index in [-0.39, 0.29) is 55.9 Å². The molecule has 0 saturated carbocycles. The smallest absolute Gasteiger partial charge is 0.272 e. The van der Waals surface area contributed by atoms with Crippen LogP contribution >= 0.6 is 46.4 Å². The highest BCUT2D eigenvalue weighted by molar-refractivity contribution is 6.47. The van der Waals surface area contributed by atoms with Crippen molar-refractivity contribution in [1.29, 1.82) is 5.26 Å². The highest BCUT2D eigenvalue weighted by Crippen LogP contribution is 2.47. The maximum absolute atomic E-state index is 14.7. The number of aromatic nitrogens is 2. The Morgan fingerprint density at radius 1 is 1.18 bits per heavy atom. The van der Waals surface area contributed by atoms with Gasteiger partial charge in [-0.15, -0.1) is 0 Å². The number of piperazine rings is 1. The number of fused-ring (bicyclic) bond motifs is 1. The Balaban J connectivity index is 1.88. The van der Waals surface area contributed by atoms with Crippen molar-refractivity contribution >= 4 is 80.4 Å². The van der Waals surface area contributed by atoms with Crippen molar-refractivity contribution in [2.75, 3.05) is 36.8 Å². The molecule has 2 N–H and O–H groups in total. The second kappa shape index (κ2) is 12.6. The van der Waals surface area contributed by atoms with E-state index in [9.17, 15) is 19.2 Å². The summed E-state index contributed by atoms with van der Waals surface area (Å²) in [5, 5.41) is 9.70. The zero-order valence-electron chi connectivity index (χ0n) is 24.5. The van der Waals surface area contributed by atoms with E-state index in [0.29, 0.717) is 43.0 Å². The molecular formula is C31H28Cl4FN7O2. The number of hydrogen-bond acceptors (Lipinski definition) is 7. The molecule has 45 heavy (non-hydrogen) atoms. The number of pyridine rings is 2. The molecule has 5 rings (SSSR count). The summed E-state index contributed by atoms with van der Waals surface area (Å²) < 4.78 is 16.1. The Hall–Kier alpha value is -3.62. The third kappa shape index (κ3) is 5.46. The van der Waals surface area contributed by atoms with Crippen LogP contribution in [0.2, 0.25) is 20.1 Å². The van der Waals surface area contributed by atoms with Crippen molar-refractivity contribution in [1.82, 2.24) is 14.5 Å². The van der Waals surface area contributed by atoms with Crippen molar-refractivity contribution < 1.29 is 9.18 Å². The third-order valence-corrected chi connectivity index (χ3v) is 9.61. The van der Waals surface area contributed by atoms with Crippen LogP contribution in [0.25, 0.3) is 22.3 Å². The summed E-state index contributed by atoms with van der Waals surface area (Å²) >= 11 is 25.7. The first-order valence-electron chi connectivity index (χ1n) is 14.0. The summed E-state index contributed by atoms with van der Waals surface area (Å²) in [6.45, 7) is 10.8. The molecule has 0 bridgehead atoms. The number of benzene rings is 1. The normalized spacial score (nSPS) is 18.4. The molecule has 2 atom stereocenters. The number of nitrogens with two attached hydrogens (primary N) is 1. The topological polar surface area (TPSA) is 121 Å². The number of aliphatic imine (C=N–C) groups is 1. The summed E-state index contributed by atoms with van der Waals surface area (Å²) in [7, 11) is 0. The van der Waals surface area contributed by atoms with Crippen LogP contribution < -0.4 is 16.2 Å². The number of carbonyl (C=O) groups excluding carboxylic acids is 1. The quantitative estimate of drug-likeness (QED) is 0.135. The van der Waals surface area contributed by atoms with Gasteiger partial charge in [-0.2, -0.15) is 5.26 Å². The molecule has 1 saturated heterocycles. The van der Waals surface area contributed by atoms with E-state index < -0.39 is 27.5 Å². The fraction of sp³-hybridized carbons (Fsp3) is 0.323. The predicted octanol–water partition coefficient (Wildman–Crippen LogP) is 6.91. The summed E-state index contributed by atoms with van der Waals surface area (Å²) in [6.07, 6.45) is 4.82. The van der Waals surface area contributed by atoms with Crippen molar-refractivity contribution in [2.45, 2.75) is 26.8 Å². The lowest BCUT2D eigenvalue weighted by Gasteiger charge is -2.37. The van der Waals surface area contributed by atoms with E-state index in [2.05, 4.69) is 17.6 Å². The number of nitrogens with zero attached hydrogens (tertiary/aromatic N) is 6. The number of nitriles is 1. The minimum absolute atomic E-state index is 0.00392. The summed E-state index contributed by atoms with van der Waals surface area (Å²) in [5.74, 6) is -1.47. The third-order valence-electron chi connectivity index (χ3n) is 8.13. The van der Waals surface area contributed by atoms with E-state index in [1.807, 2.05) is 31.7 Å². The number of amides is 1. The number of allylic oxidation sites excluding steroid dienone is 1. The molecule has 0 aliphatic carbocycles. The van der Waals surface area contributed by atoms with Gasteiger partial charge in [0, 0.05) is 55.0 Å². The van der Waals surface area contributed by atoms with Gasteiger partial charge in [-0.05, 0) is 18.1 Å². The second-order valence-corrected chi connectivity index (χ2v) is 12.7. The molecule has 2 aliphatic heterocycles. The van der Waals surface area contributed by atoms with Crippen LogP contribution in [0.1, 0.15) is 32.4 Å². The molecular weight excluding hydrogens is 663 g/mol. The molecule has 1 fully saturated rings. The minimum Gasteiger partial charge on any atom is -0.397 e. The molecule has 0 spiro atoms. The monoisotopic (exact) mass is 689 g/mol. The fourth-order valence-corrected chi connectivity index (χ4v) is 6.83. The van der Waals surface area contributed by atoms with E-state index in [1.54, 1.807) is 17.2 Å². The Morgan fingerprint density at radius 3 is 2.44 bits per heavy atom. The second-order valence-electron chi connectivity index (χ2n) is 11.1. The minimum atomic E-state index is -0.992. The van der Waals surface area contributed by atoms with Gasteiger partial charge >= 0.3 is 0 Å². The first kappa shape index (κ1) is 32.8. The SMILES string of the molecule is C=CC(=O)N1CCN(c2c(C#N)c(=O)n(C3C(C(C)C)=NC=C[C@H]3C)c3nc(-c4c(N)c(Cl)c(F)c(Cl)c4Cl)c(Cl)cc23)CC1. The van der Waals surface area contributed by atoms with Gasteiger partial charge in [0.05, 0.1) is 38.2 Å². The number of halogens is 5. The van der Waals surface area contributed by atoms with Gasteiger partial charge in [0.25, 0.3) is 5.56 Å². The van der Waals surface area contributed by atoms with E-state index in [0.717, 1.165) is 0 Å². The number of rotatable bonds is 5. The Kier molecular flexibility index (Phi) is 9.20. The highest BCUT2D eigenvalue weighted by atomic mass is 35.5. The fourth-order valence-electron chi connectivity index (χ4n) is 5.89. The summed E-state index contributed by atoms with van der Waals surface area (Å²) in [5.41, 5.74) is 6.54. The van der Waals surface area contributed by atoms with E-state index in [1.165, 1.54) is 10.6 Å². The zero-order valence-corrected chi connectivity index (χ0v) is 27.6. The van der Waals surface area contributed by atoms with Crippen molar-refractivity contribution in [3.05, 3.63) is 72.8 Å². The lowest BCUT2D eigenvalue weighted by Crippen LogP contribution is -2.49. The number of hydrogen-bond donors (Lipinski definition) is 1. The molecule has 2 aromatic heterocycles. The van der Waals surface area contributed by atoms with Crippen molar-refractivity contribution in [3.63, 3.8) is 0 Å². The number of carbonyl (C=O) groups is 1. The average Bonchev–Trinajstić information content (AvgIpc) is 3.02. The molecule has 1 amide bonds. The molecule has 2 aliphatic rings. The number of nitrogen functional groups attached to an aromatic ring is 1. The average molecular weight is 691 g/mol. The van der Waals surface area contributed by atoms with Crippen LogP contribution in [0.4, 0.5) is 15.8 Å². The maximum atomic E-state index is 14.7. The number of anilines is 2. The van der Waals surface area contributed by atoms with Gasteiger partial charge in [-0.25, -0.2) is 9.37 Å². The van der Waals surface area contributed by atoms with Gasteiger partial charge < -0.3 is 15.5 Å². The molecule has 234 valence electrons. The van der Waals surface area contributed by atoms with Gasteiger partial charge in [-0.1, -0.05) is 79.8 Å². The van der Waals surface area contributed by atoms with Crippen LogP contribution in [0.5, 0.6) is 0 Å². The first-order valence-corrected chi connectivity index (χ1v) is 15.6. The largest absolute Gasteiger partial charge is 0.397 e. The first-order chi connectivity index (χ1) is 21.3. The molecule has 3 aromatic rings. The van der Waals surface area contributed by atoms with E-state index >= 15 is 0 Å². The Bertz CT molecular complexity index is 1900. The van der Waals surface area contributed by atoms with Crippen LogP contribution in [0.3, 0.4) is 0 Å². The zero-order chi connectivity index (χ0) is 32.9. The van der Waals surface area contributed by atoms with Crippen LogP contribution in [-0.4, -0.2) is 52.2 Å². The lowest BCUT2D eigenvalue weighted by atomic mass is 9.88. The summed E-state index contributed by atoms with van der Waals surface area (Å²) in [6, 6.07) is 3.09. The highest BCUT2D eigenvalue weighted by Gasteiger charge is 2.35. The standard InChI is InChI=1S/C31H28Cl4FN7O2/c1-5-19(44)41-8-10-42(11-9-41)29-16-12-18(32)27(20-21(33)22(34)24(36)23(35)25(20)38)40-30(16)43(31(45)17(29)13-37)28-15(4)6-7-39-26(28)14(2)3/h5-7,12,14-15,28H,1,8-11,38H2,2-4H3/t15-,28?/m1/s1. The molecule has 4 heterocycles. The van der Waals surface area contributed by atoms with E-state index in [4.69, 9.17) is 57.1 Å².